The van der Waals surface area contributed by atoms with Gasteiger partial charge >= 0.3 is 0 Å². The fourth-order valence-electron chi connectivity index (χ4n) is 4.27. The molecule has 0 radical (unpaired) electrons. The van der Waals surface area contributed by atoms with Crippen molar-refractivity contribution in [2.45, 2.75) is 27.4 Å². The zero-order chi connectivity index (χ0) is 25.4. The molecule has 182 valence electrons. The molecule has 36 heavy (non-hydrogen) atoms. The molecule has 0 saturated carbocycles. The summed E-state index contributed by atoms with van der Waals surface area (Å²) in [5.74, 6) is 0.643. The SMILES string of the molecule is Cc1noc(C)c1COc1cc2ccccc2cc1C(=O)Nc1c(C)n(C)n(-c2ccccc2)c1=O. The van der Waals surface area contributed by atoms with Gasteiger partial charge in [0.25, 0.3) is 11.5 Å². The number of para-hydroxylation sites is 1. The number of nitrogens with one attached hydrogen (secondary N) is 1. The topological polar surface area (TPSA) is 91.3 Å². The Morgan fingerprint density at radius 2 is 1.67 bits per heavy atom. The number of ether oxygens (including phenoxy) is 1. The molecule has 0 spiro atoms. The minimum atomic E-state index is -0.430. The summed E-state index contributed by atoms with van der Waals surface area (Å²) in [7, 11) is 1.79. The van der Waals surface area contributed by atoms with Gasteiger partial charge in [0.15, 0.2) is 0 Å². The van der Waals surface area contributed by atoms with Crippen LogP contribution in [-0.2, 0) is 13.7 Å². The minimum absolute atomic E-state index is 0.199. The summed E-state index contributed by atoms with van der Waals surface area (Å²) in [6.45, 7) is 5.67. The van der Waals surface area contributed by atoms with E-state index in [1.165, 1.54) is 4.68 Å². The molecule has 8 heteroatoms. The van der Waals surface area contributed by atoms with Gasteiger partial charge in [-0.1, -0.05) is 47.6 Å². The number of benzene rings is 3. The molecule has 5 rings (SSSR count). The molecule has 1 amide bonds. The van der Waals surface area contributed by atoms with Gasteiger partial charge in [0.05, 0.1) is 28.2 Å². The number of aryl methyl sites for hydroxylation is 2. The summed E-state index contributed by atoms with van der Waals surface area (Å²) in [5, 5.41) is 8.64. The third-order valence-electron chi connectivity index (χ3n) is 6.44. The predicted octanol–water partition coefficient (Wildman–Crippen LogP) is 5.07. The molecule has 0 atom stereocenters. The third kappa shape index (κ3) is 4.07. The Balaban J connectivity index is 1.53. The number of carbonyl (C=O) groups is 1. The van der Waals surface area contributed by atoms with Crippen molar-refractivity contribution in [1.29, 1.82) is 0 Å². The number of hydrogen-bond donors (Lipinski definition) is 1. The minimum Gasteiger partial charge on any atom is -0.488 e. The number of fused-ring (bicyclic) bond motifs is 1. The highest BCUT2D eigenvalue weighted by Crippen LogP contribution is 2.29. The quantitative estimate of drug-likeness (QED) is 0.365. The highest BCUT2D eigenvalue weighted by molar-refractivity contribution is 6.09. The second-order valence-corrected chi connectivity index (χ2v) is 8.68. The predicted molar refractivity (Wildman–Crippen MR) is 138 cm³/mol. The van der Waals surface area contributed by atoms with Gasteiger partial charge in [-0.3, -0.25) is 14.3 Å². The van der Waals surface area contributed by atoms with E-state index < -0.39 is 5.91 Å². The molecule has 2 aromatic heterocycles. The van der Waals surface area contributed by atoms with E-state index in [0.717, 1.165) is 22.0 Å². The van der Waals surface area contributed by atoms with Gasteiger partial charge in [0.2, 0.25) is 0 Å². The van der Waals surface area contributed by atoms with Crippen LogP contribution in [-0.4, -0.2) is 20.4 Å². The highest BCUT2D eigenvalue weighted by Gasteiger charge is 2.22. The summed E-state index contributed by atoms with van der Waals surface area (Å²) >= 11 is 0. The van der Waals surface area contributed by atoms with Crippen LogP contribution in [0.25, 0.3) is 16.5 Å². The molecule has 8 nitrogen and oxygen atoms in total. The zero-order valence-corrected chi connectivity index (χ0v) is 20.5. The molecular formula is C28H26N4O4. The second-order valence-electron chi connectivity index (χ2n) is 8.68. The molecule has 0 saturated heterocycles. The van der Waals surface area contributed by atoms with E-state index in [2.05, 4.69) is 10.5 Å². The summed E-state index contributed by atoms with van der Waals surface area (Å²) in [6.07, 6.45) is 0. The van der Waals surface area contributed by atoms with Crippen LogP contribution >= 0.6 is 0 Å². The van der Waals surface area contributed by atoms with Crippen molar-refractivity contribution in [3.8, 4) is 11.4 Å². The molecule has 0 aliphatic carbocycles. The number of aromatic nitrogens is 3. The van der Waals surface area contributed by atoms with Crippen LogP contribution in [0.15, 0.2) is 76.0 Å². The van der Waals surface area contributed by atoms with Crippen molar-refractivity contribution >= 4 is 22.4 Å². The summed E-state index contributed by atoms with van der Waals surface area (Å²) in [4.78, 5) is 26.9. The smallest absolute Gasteiger partial charge is 0.295 e. The first-order valence-corrected chi connectivity index (χ1v) is 11.6. The van der Waals surface area contributed by atoms with Gasteiger partial charge in [-0.15, -0.1) is 0 Å². The highest BCUT2D eigenvalue weighted by atomic mass is 16.5. The monoisotopic (exact) mass is 482 g/mol. The zero-order valence-electron chi connectivity index (χ0n) is 20.5. The fraction of sp³-hybridized carbons (Fsp3) is 0.179. The molecule has 3 aromatic carbocycles. The first-order chi connectivity index (χ1) is 17.3. The molecule has 2 heterocycles. The van der Waals surface area contributed by atoms with E-state index in [-0.39, 0.29) is 17.9 Å². The third-order valence-corrected chi connectivity index (χ3v) is 6.44. The maximum Gasteiger partial charge on any atom is 0.295 e. The van der Waals surface area contributed by atoms with Crippen LogP contribution in [0.2, 0.25) is 0 Å². The average Bonchev–Trinajstić information content (AvgIpc) is 3.32. The van der Waals surface area contributed by atoms with Crippen LogP contribution in [0.5, 0.6) is 5.75 Å². The Hall–Kier alpha value is -4.59. The average molecular weight is 483 g/mol. The van der Waals surface area contributed by atoms with Gasteiger partial charge in [0.1, 0.15) is 23.8 Å². The van der Waals surface area contributed by atoms with Crippen molar-refractivity contribution in [3.63, 3.8) is 0 Å². The fourth-order valence-corrected chi connectivity index (χ4v) is 4.27. The normalized spacial score (nSPS) is 11.1. The van der Waals surface area contributed by atoms with Crippen molar-refractivity contribution in [3.05, 3.63) is 105 Å². The lowest BCUT2D eigenvalue weighted by atomic mass is 10.0. The van der Waals surface area contributed by atoms with Crippen LogP contribution in [0.1, 0.15) is 33.1 Å². The van der Waals surface area contributed by atoms with Crippen LogP contribution in [0, 0.1) is 20.8 Å². The Labute approximate surface area is 207 Å². The van der Waals surface area contributed by atoms with E-state index in [1.807, 2.05) is 74.5 Å². The summed E-state index contributed by atoms with van der Waals surface area (Å²) < 4.78 is 14.6. The Morgan fingerprint density at radius 1 is 1.00 bits per heavy atom. The molecule has 0 unspecified atom stereocenters. The van der Waals surface area contributed by atoms with Crippen molar-refractivity contribution in [1.82, 2.24) is 14.5 Å². The van der Waals surface area contributed by atoms with Crippen LogP contribution in [0.4, 0.5) is 5.69 Å². The van der Waals surface area contributed by atoms with Gasteiger partial charge < -0.3 is 14.6 Å². The second kappa shape index (κ2) is 9.22. The van der Waals surface area contributed by atoms with E-state index in [1.54, 1.807) is 24.7 Å². The van der Waals surface area contributed by atoms with E-state index >= 15 is 0 Å². The van der Waals surface area contributed by atoms with Gasteiger partial charge in [-0.2, -0.15) is 0 Å². The first-order valence-electron chi connectivity index (χ1n) is 11.6. The lowest BCUT2D eigenvalue weighted by Gasteiger charge is -2.13. The maximum atomic E-state index is 13.6. The number of hydrogen-bond acceptors (Lipinski definition) is 5. The number of amides is 1. The number of rotatable bonds is 6. The summed E-state index contributed by atoms with van der Waals surface area (Å²) in [5.41, 5.74) is 3.15. The number of anilines is 1. The lowest BCUT2D eigenvalue weighted by molar-refractivity contribution is 0.102. The van der Waals surface area contributed by atoms with Crippen molar-refractivity contribution < 1.29 is 14.1 Å². The van der Waals surface area contributed by atoms with Gasteiger partial charge in [-0.25, -0.2) is 4.68 Å². The standard InChI is InChI=1S/C28H26N4O4/c1-17-24(19(3)36-30-17)16-35-25-15-21-11-9-8-10-20(21)14-23(25)27(33)29-26-18(2)31(4)32(28(26)34)22-12-6-5-7-13-22/h5-15H,16H2,1-4H3,(H,29,33). The Morgan fingerprint density at radius 3 is 2.33 bits per heavy atom. The Bertz CT molecular complexity index is 1620. The summed E-state index contributed by atoms with van der Waals surface area (Å²) in [6, 6.07) is 20.6. The molecular weight excluding hydrogens is 456 g/mol. The molecule has 5 aromatic rings. The molecule has 0 aliphatic heterocycles. The van der Waals surface area contributed by atoms with Gasteiger partial charge in [0, 0.05) is 7.05 Å². The van der Waals surface area contributed by atoms with E-state index in [9.17, 15) is 9.59 Å². The van der Waals surface area contributed by atoms with Crippen molar-refractivity contribution in [2.75, 3.05) is 5.32 Å². The van der Waals surface area contributed by atoms with Crippen LogP contribution < -0.4 is 15.6 Å². The molecule has 0 aliphatic rings. The lowest BCUT2D eigenvalue weighted by Crippen LogP contribution is -2.23. The molecule has 0 fully saturated rings. The first kappa shape index (κ1) is 23.2. The van der Waals surface area contributed by atoms with Gasteiger partial charge in [-0.05, 0) is 55.8 Å². The van der Waals surface area contributed by atoms with E-state index in [4.69, 9.17) is 9.26 Å². The number of carbonyl (C=O) groups excluding carboxylic acids is 1. The Kier molecular flexibility index (Phi) is 5.93. The molecule has 0 bridgehead atoms. The largest absolute Gasteiger partial charge is 0.488 e. The maximum absolute atomic E-state index is 13.6. The van der Waals surface area contributed by atoms with E-state index in [0.29, 0.717) is 28.5 Å². The number of nitrogens with zero attached hydrogens (tertiary/aromatic N) is 3. The van der Waals surface area contributed by atoms with Crippen LogP contribution in [0.3, 0.4) is 0 Å². The van der Waals surface area contributed by atoms with Crippen molar-refractivity contribution in [2.24, 2.45) is 7.05 Å². The molecule has 1 N–H and O–H groups in total.